The Bertz CT molecular complexity index is 479. The Kier molecular flexibility index (Phi) is 5.06. The van der Waals surface area contributed by atoms with Crippen molar-refractivity contribution in [3.05, 3.63) is 35.4 Å². The Labute approximate surface area is 117 Å². The van der Waals surface area contributed by atoms with Crippen LogP contribution in [0.1, 0.15) is 25.3 Å². The molecule has 1 saturated heterocycles. The summed E-state index contributed by atoms with van der Waals surface area (Å²) in [7, 11) is 0. The number of likely N-dealkylation sites (tertiary alicyclic amines) is 1. The van der Waals surface area contributed by atoms with E-state index < -0.39 is 11.6 Å². The summed E-state index contributed by atoms with van der Waals surface area (Å²) < 4.78 is 31.8. The average Bonchev–Trinajstić information content (AvgIpc) is 2.44. The van der Waals surface area contributed by atoms with Crippen molar-refractivity contribution in [1.82, 2.24) is 4.90 Å². The molecule has 0 aromatic heterocycles. The SMILES string of the molecule is CCOC(=O)[C@@H]1CCCN(Cc2cccc(F)c2F)C1. The predicted molar refractivity (Wildman–Crippen MR) is 71.0 cm³/mol. The molecule has 0 unspecified atom stereocenters. The van der Waals surface area contributed by atoms with Gasteiger partial charge in [-0.25, -0.2) is 8.78 Å². The van der Waals surface area contributed by atoms with Gasteiger partial charge in [0.2, 0.25) is 0 Å². The van der Waals surface area contributed by atoms with Crippen LogP contribution in [0.2, 0.25) is 0 Å². The van der Waals surface area contributed by atoms with Gasteiger partial charge in [0.15, 0.2) is 11.6 Å². The molecule has 0 amide bonds. The molecule has 0 radical (unpaired) electrons. The molecule has 20 heavy (non-hydrogen) atoms. The summed E-state index contributed by atoms with van der Waals surface area (Å²) in [5.41, 5.74) is 0.328. The highest BCUT2D eigenvalue weighted by molar-refractivity contribution is 5.72. The standard InChI is InChI=1S/C15H19F2NO2/c1-2-20-15(19)12-6-4-8-18(10-12)9-11-5-3-7-13(16)14(11)17/h3,5,7,12H,2,4,6,8-10H2,1H3/t12-/m1/s1. The molecule has 1 aromatic rings. The summed E-state index contributed by atoms with van der Waals surface area (Å²) >= 11 is 0. The number of carbonyl (C=O) groups is 1. The smallest absolute Gasteiger partial charge is 0.310 e. The minimum atomic E-state index is -0.832. The molecule has 0 aliphatic carbocycles. The fourth-order valence-corrected chi connectivity index (χ4v) is 2.56. The maximum Gasteiger partial charge on any atom is 0.310 e. The van der Waals surface area contributed by atoms with Crippen LogP contribution in [0, 0.1) is 17.6 Å². The lowest BCUT2D eigenvalue weighted by atomic mass is 9.97. The van der Waals surface area contributed by atoms with Crippen molar-refractivity contribution in [3.63, 3.8) is 0 Å². The van der Waals surface area contributed by atoms with Gasteiger partial charge in [-0.15, -0.1) is 0 Å². The summed E-state index contributed by atoms with van der Waals surface area (Å²) in [6, 6.07) is 4.18. The van der Waals surface area contributed by atoms with Crippen molar-refractivity contribution in [1.29, 1.82) is 0 Å². The molecule has 3 nitrogen and oxygen atoms in total. The molecule has 1 heterocycles. The lowest BCUT2D eigenvalue weighted by Gasteiger charge is -2.31. The maximum absolute atomic E-state index is 13.6. The van der Waals surface area contributed by atoms with E-state index >= 15 is 0 Å². The second kappa shape index (κ2) is 6.79. The second-order valence-corrected chi connectivity index (χ2v) is 5.04. The number of nitrogens with zero attached hydrogens (tertiary/aromatic N) is 1. The molecule has 0 spiro atoms. The zero-order chi connectivity index (χ0) is 14.5. The van der Waals surface area contributed by atoms with Crippen LogP contribution in [-0.2, 0) is 16.1 Å². The van der Waals surface area contributed by atoms with Crippen molar-refractivity contribution >= 4 is 5.97 Å². The molecule has 0 bridgehead atoms. The third-order valence-electron chi connectivity index (χ3n) is 3.55. The van der Waals surface area contributed by atoms with E-state index in [1.165, 1.54) is 6.07 Å². The normalized spacial score (nSPS) is 19.9. The summed E-state index contributed by atoms with van der Waals surface area (Å²) in [5.74, 6) is -2.00. The van der Waals surface area contributed by atoms with E-state index in [1.54, 1.807) is 13.0 Å². The zero-order valence-corrected chi connectivity index (χ0v) is 11.6. The first kappa shape index (κ1) is 14.9. The van der Waals surface area contributed by atoms with Crippen molar-refractivity contribution in [2.45, 2.75) is 26.3 Å². The largest absolute Gasteiger partial charge is 0.466 e. The van der Waals surface area contributed by atoms with Gasteiger partial charge in [-0.2, -0.15) is 0 Å². The third-order valence-corrected chi connectivity index (χ3v) is 3.55. The van der Waals surface area contributed by atoms with Crippen LogP contribution >= 0.6 is 0 Å². The van der Waals surface area contributed by atoms with Gasteiger partial charge in [-0.1, -0.05) is 12.1 Å². The van der Waals surface area contributed by atoms with E-state index in [-0.39, 0.29) is 11.9 Å². The topological polar surface area (TPSA) is 29.5 Å². The third kappa shape index (κ3) is 3.54. The molecule has 1 aliphatic rings. The zero-order valence-electron chi connectivity index (χ0n) is 11.6. The van der Waals surface area contributed by atoms with Gasteiger partial charge < -0.3 is 4.74 Å². The molecule has 0 saturated carbocycles. The maximum atomic E-state index is 13.6. The number of rotatable bonds is 4. The molecular formula is C15H19F2NO2. The number of hydrogen-bond donors (Lipinski definition) is 0. The fraction of sp³-hybridized carbons (Fsp3) is 0.533. The fourth-order valence-electron chi connectivity index (χ4n) is 2.56. The molecule has 110 valence electrons. The van der Waals surface area contributed by atoms with Crippen molar-refractivity contribution in [2.24, 2.45) is 5.92 Å². The van der Waals surface area contributed by atoms with E-state index in [4.69, 9.17) is 4.74 Å². The summed E-state index contributed by atoms with van der Waals surface area (Å²) in [5, 5.41) is 0. The van der Waals surface area contributed by atoms with Crippen LogP contribution in [0.5, 0.6) is 0 Å². The van der Waals surface area contributed by atoms with Gasteiger partial charge in [0.25, 0.3) is 0 Å². The summed E-state index contributed by atoms with van der Waals surface area (Å²) in [4.78, 5) is 13.7. The molecule has 1 fully saturated rings. The van der Waals surface area contributed by atoms with E-state index in [0.717, 1.165) is 25.5 Å². The van der Waals surface area contributed by atoms with E-state index in [0.29, 0.717) is 25.3 Å². The van der Waals surface area contributed by atoms with Crippen molar-refractivity contribution in [3.8, 4) is 0 Å². The van der Waals surface area contributed by atoms with Gasteiger partial charge in [0.1, 0.15) is 0 Å². The van der Waals surface area contributed by atoms with Crippen molar-refractivity contribution < 1.29 is 18.3 Å². The second-order valence-electron chi connectivity index (χ2n) is 5.04. The molecule has 1 aliphatic heterocycles. The van der Waals surface area contributed by atoms with Crippen LogP contribution in [0.15, 0.2) is 18.2 Å². The first-order chi connectivity index (χ1) is 9.61. The highest BCUT2D eigenvalue weighted by Gasteiger charge is 2.27. The minimum Gasteiger partial charge on any atom is -0.466 e. The number of benzene rings is 1. The van der Waals surface area contributed by atoms with E-state index in [9.17, 15) is 13.6 Å². The van der Waals surface area contributed by atoms with E-state index in [1.807, 2.05) is 4.90 Å². The first-order valence-corrected chi connectivity index (χ1v) is 6.93. The molecular weight excluding hydrogens is 264 g/mol. The lowest BCUT2D eigenvalue weighted by Crippen LogP contribution is -2.39. The number of carbonyl (C=O) groups excluding carboxylic acids is 1. The first-order valence-electron chi connectivity index (χ1n) is 6.93. The molecule has 2 rings (SSSR count). The lowest BCUT2D eigenvalue weighted by molar-refractivity contribution is -0.150. The van der Waals surface area contributed by atoms with Gasteiger partial charge in [-0.3, -0.25) is 9.69 Å². The van der Waals surface area contributed by atoms with E-state index in [2.05, 4.69) is 0 Å². The van der Waals surface area contributed by atoms with Crippen molar-refractivity contribution in [2.75, 3.05) is 19.7 Å². The van der Waals surface area contributed by atoms with Gasteiger partial charge in [0.05, 0.1) is 12.5 Å². The predicted octanol–water partition coefficient (Wildman–Crippen LogP) is 2.74. The summed E-state index contributed by atoms with van der Waals surface area (Å²) in [6.45, 7) is 3.79. The molecule has 5 heteroatoms. The van der Waals surface area contributed by atoms with Crippen LogP contribution in [0.25, 0.3) is 0 Å². The number of esters is 1. The van der Waals surface area contributed by atoms with Crippen LogP contribution < -0.4 is 0 Å². The Hall–Kier alpha value is -1.49. The van der Waals surface area contributed by atoms with Crippen LogP contribution in [0.3, 0.4) is 0 Å². The van der Waals surface area contributed by atoms with Crippen LogP contribution in [-0.4, -0.2) is 30.6 Å². The number of ether oxygens (including phenoxy) is 1. The Morgan fingerprint density at radius 3 is 3.00 bits per heavy atom. The van der Waals surface area contributed by atoms with Gasteiger partial charge >= 0.3 is 5.97 Å². The van der Waals surface area contributed by atoms with Gasteiger partial charge in [0, 0.05) is 18.7 Å². The molecule has 1 aromatic carbocycles. The number of halogens is 2. The Morgan fingerprint density at radius 1 is 1.45 bits per heavy atom. The number of piperidine rings is 1. The van der Waals surface area contributed by atoms with Crippen LogP contribution in [0.4, 0.5) is 8.78 Å². The van der Waals surface area contributed by atoms with Gasteiger partial charge in [-0.05, 0) is 32.4 Å². The number of hydrogen-bond acceptors (Lipinski definition) is 3. The quantitative estimate of drug-likeness (QED) is 0.796. The minimum absolute atomic E-state index is 0.166. The molecule has 0 N–H and O–H groups in total. The molecule has 1 atom stereocenters. The summed E-state index contributed by atoms with van der Waals surface area (Å²) in [6.07, 6.45) is 1.65. The Morgan fingerprint density at radius 2 is 2.25 bits per heavy atom. The highest BCUT2D eigenvalue weighted by Crippen LogP contribution is 2.21. The monoisotopic (exact) mass is 283 g/mol. The highest BCUT2D eigenvalue weighted by atomic mass is 19.2. The average molecular weight is 283 g/mol. The Balaban J connectivity index is 1.99.